The number of nitrogens with zero attached hydrogens (tertiary/aromatic N) is 1. The fourth-order valence-corrected chi connectivity index (χ4v) is 5.02. The molecule has 2 heterocycles. The number of fused-ring (bicyclic) bond motifs is 3. The van der Waals surface area contributed by atoms with Gasteiger partial charge in [-0.1, -0.05) is 103 Å². The van der Waals surface area contributed by atoms with Crippen molar-refractivity contribution in [3.63, 3.8) is 0 Å². The van der Waals surface area contributed by atoms with E-state index in [1.807, 2.05) is 56.4 Å². The van der Waals surface area contributed by atoms with Crippen molar-refractivity contribution < 1.29 is 8.90 Å². The Morgan fingerprint density at radius 2 is 1.37 bits per heavy atom. The number of hydrogen-bond acceptors (Lipinski definition) is 1. The molecule has 0 aliphatic rings. The van der Waals surface area contributed by atoms with Gasteiger partial charge in [0.15, 0.2) is 11.9 Å². The summed E-state index contributed by atoms with van der Waals surface area (Å²) in [7, 11) is 6.51. The van der Waals surface area contributed by atoms with Crippen molar-refractivity contribution in [1.82, 2.24) is 0 Å². The van der Waals surface area contributed by atoms with Crippen molar-refractivity contribution in [2.24, 2.45) is 0 Å². The molecule has 2 radical (unpaired) electrons. The molecule has 0 aliphatic carbocycles. The van der Waals surface area contributed by atoms with Gasteiger partial charge in [0, 0.05) is 32.4 Å². The van der Waals surface area contributed by atoms with Crippen LogP contribution in [-0.2, 0) is 0 Å². The molecule has 0 atom stereocenters. The van der Waals surface area contributed by atoms with Gasteiger partial charge in [-0.25, -0.2) is 0 Å². The Morgan fingerprint density at radius 3 is 2.14 bits per heavy atom. The maximum atomic E-state index is 6.51. The molecular weight excluding hydrogens is 493 g/mol. The molecule has 0 saturated carbocycles. The fourth-order valence-electron chi connectivity index (χ4n) is 4.41. The summed E-state index contributed by atoms with van der Waals surface area (Å²) in [4.78, 5) is 0. The number of halogens is 1. The van der Waals surface area contributed by atoms with E-state index in [2.05, 4.69) is 82.7 Å². The van der Waals surface area contributed by atoms with Crippen molar-refractivity contribution in [2.45, 2.75) is 13.8 Å². The van der Waals surface area contributed by atoms with Gasteiger partial charge in [0.1, 0.15) is 11.2 Å². The molecule has 168 valence electrons. The summed E-state index contributed by atoms with van der Waals surface area (Å²) < 4.78 is 8.91. The van der Waals surface area contributed by atoms with Gasteiger partial charge in [-0.2, -0.15) is 0 Å². The first kappa shape index (κ1) is 23.1. The van der Waals surface area contributed by atoms with Crippen molar-refractivity contribution >= 4 is 45.8 Å². The van der Waals surface area contributed by atoms with Crippen LogP contribution in [0, 0.1) is 0 Å². The van der Waals surface area contributed by atoms with Crippen LogP contribution >= 0.6 is 15.9 Å². The van der Waals surface area contributed by atoms with Crippen molar-refractivity contribution in [1.29, 1.82) is 0 Å². The lowest BCUT2D eigenvalue weighted by Crippen LogP contribution is -2.33. The van der Waals surface area contributed by atoms with Crippen LogP contribution in [0.4, 0.5) is 0 Å². The van der Waals surface area contributed by atoms with Crippen LogP contribution in [0.1, 0.15) is 13.8 Å². The summed E-state index contributed by atoms with van der Waals surface area (Å²) in [5, 5.41) is 2.20. The van der Waals surface area contributed by atoms with E-state index < -0.39 is 0 Å². The number of furan rings is 1. The van der Waals surface area contributed by atoms with Gasteiger partial charge in [0.25, 0.3) is 0 Å². The lowest BCUT2D eigenvalue weighted by molar-refractivity contribution is -0.508. The second-order valence-corrected chi connectivity index (χ2v) is 8.91. The zero-order valence-corrected chi connectivity index (χ0v) is 21.3. The van der Waals surface area contributed by atoms with Crippen molar-refractivity contribution in [3.8, 4) is 33.5 Å². The average Bonchev–Trinajstić information content (AvgIpc) is 3.29. The third kappa shape index (κ3) is 4.30. The molecule has 6 aromatic rings. The standard InChI is InChI=1S/C29H18BBrNO.C2H6/c30-32-18-21(22-15-13-20(17-26(22)31)19-7-2-1-3-8-19)14-16-27(32)25-11-6-10-24-23-9-4-5-12-28(23)33-29(24)25;1-2/h1-18H;1-2H3/q+1;. The predicted octanol–water partition coefficient (Wildman–Crippen LogP) is 8.59. The Morgan fingerprint density at radius 1 is 0.657 bits per heavy atom. The highest BCUT2D eigenvalue weighted by Gasteiger charge is 2.19. The molecule has 0 spiro atoms. The summed E-state index contributed by atoms with van der Waals surface area (Å²) in [6.07, 6.45) is 1.96. The average molecular weight is 517 g/mol. The van der Waals surface area contributed by atoms with Gasteiger partial charge < -0.3 is 4.42 Å². The van der Waals surface area contributed by atoms with Crippen LogP contribution in [0.3, 0.4) is 0 Å². The van der Waals surface area contributed by atoms with Crippen LogP contribution in [0.15, 0.2) is 118 Å². The molecule has 4 heteroatoms. The van der Waals surface area contributed by atoms with E-state index in [9.17, 15) is 0 Å². The van der Waals surface area contributed by atoms with Crippen LogP contribution in [0.2, 0.25) is 0 Å². The zero-order chi connectivity index (χ0) is 24.4. The van der Waals surface area contributed by atoms with Crippen LogP contribution in [0.5, 0.6) is 0 Å². The molecule has 0 saturated heterocycles. The molecule has 0 aliphatic heterocycles. The number of aromatic nitrogens is 1. The molecule has 0 N–H and O–H groups in total. The van der Waals surface area contributed by atoms with Gasteiger partial charge >= 0.3 is 7.98 Å². The Hall–Kier alpha value is -3.63. The SMILES string of the molecule is CC.[B][n+]1cc(-c2ccc(-c3ccccc3)cc2Br)ccc1-c1cccc2c1oc1ccccc12. The second kappa shape index (κ2) is 9.93. The van der Waals surface area contributed by atoms with E-state index in [0.29, 0.717) is 0 Å². The first-order valence-corrected chi connectivity index (χ1v) is 12.5. The predicted molar refractivity (Wildman–Crippen MR) is 150 cm³/mol. The van der Waals surface area contributed by atoms with Gasteiger partial charge in [-0.3, -0.25) is 4.48 Å². The summed E-state index contributed by atoms with van der Waals surface area (Å²) in [6.45, 7) is 4.00. The molecule has 0 bridgehead atoms. The fraction of sp³-hybridized carbons (Fsp3) is 0.0645. The summed E-state index contributed by atoms with van der Waals surface area (Å²) in [6, 6.07) is 35.2. The van der Waals surface area contributed by atoms with Crippen molar-refractivity contribution in [2.75, 3.05) is 0 Å². The second-order valence-electron chi connectivity index (χ2n) is 8.05. The van der Waals surface area contributed by atoms with Gasteiger partial charge in [-0.05, 0) is 35.4 Å². The quantitative estimate of drug-likeness (QED) is 0.215. The molecule has 0 amide bonds. The highest BCUT2D eigenvalue weighted by atomic mass is 79.9. The highest BCUT2D eigenvalue weighted by molar-refractivity contribution is 9.10. The third-order valence-corrected chi connectivity index (χ3v) is 6.70. The zero-order valence-electron chi connectivity index (χ0n) is 19.7. The molecule has 4 aromatic carbocycles. The minimum absolute atomic E-state index is 0.846. The monoisotopic (exact) mass is 516 g/mol. The number of benzene rings is 4. The number of para-hydroxylation sites is 2. The van der Waals surface area contributed by atoms with Crippen LogP contribution < -0.4 is 4.48 Å². The van der Waals surface area contributed by atoms with Crippen LogP contribution in [-0.4, -0.2) is 7.98 Å². The van der Waals surface area contributed by atoms with Crippen molar-refractivity contribution in [3.05, 3.63) is 114 Å². The van der Waals surface area contributed by atoms with E-state index in [-0.39, 0.29) is 0 Å². The smallest absolute Gasteiger partial charge is 0.455 e. The van der Waals surface area contributed by atoms with Gasteiger partial charge in [-0.15, -0.1) is 0 Å². The van der Waals surface area contributed by atoms with E-state index >= 15 is 0 Å². The maximum Gasteiger partial charge on any atom is 0.586 e. The first-order chi connectivity index (χ1) is 17.2. The highest BCUT2D eigenvalue weighted by Crippen LogP contribution is 2.36. The van der Waals surface area contributed by atoms with Crippen LogP contribution in [0.25, 0.3) is 55.4 Å². The molecule has 0 unspecified atom stereocenters. The summed E-state index contributed by atoms with van der Waals surface area (Å²) >= 11 is 3.76. The van der Waals surface area contributed by atoms with E-state index in [4.69, 9.17) is 12.4 Å². The first-order valence-electron chi connectivity index (χ1n) is 11.8. The van der Waals surface area contributed by atoms with E-state index in [1.54, 1.807) is 4.48 Å². The minimum atomic E-state index is 0.846. The molecule has 6 rings (SSSR count). The molecular formula is C31H24BBrNO+. The largest absolute Gasteiger partial charge is 0.586 e. The third-order valence-electron chi connectivity index (χ3n) is 6.04. The molecule has 0 fully saturated rings. The summed E-state index contributed by atoms with van der Waals surface area (Å²) in [5.74, 6) is 0. The number of hydrogen-bond donors (Lipinski definition) is 0. The number of rotatable bonds is 3. The minimum Gasteiger partial charge on any atom is -0.455 e. The number of pyridine rings is 1. The molecule has 2 nitrogen and oxygen atoms in total. The van der Waals surface area contributed by atoms with E-state index in [0.717, 1.165) is 48.8 Å². The maximum absolute atomic E-state index is 6.51. The van der Waals surface area contributed by atoms with Gasteiger partial charge in [0.2, 0.25) is 0 Å². The van der Waals surface area contributed by atoms with Gasteiger partial charge in [0.05, 0.1) is 5.56 Å². The Bertz CT molecular complexity index is 1640. The van der Waals surface area contributed by atoms with E-state index in [1.165, 1.54) is 11.1 Å². The Labute approximate surface area is 215 Å². The molecule has 2 aromatic heterocycles. The lowest BCUT2D eigenvalue weighted by atomic mass is 9.99. The Kier molecular flexibility index (Phi) is 6.56. The molecule has 35 heavy (non-hydrogen) atoms. The lowest BCUT2D eigenvalue weighted by Gasteiger charge is -2.09. The normalized spacial score (nSPS) is 10.8. The summed E-state index contributed by atoms with van der Waals surface area (Å²) in [5.41, 5.74) is 8.05. The topological polar surface area (TPSA) is 17.0 Å². The Balaban J connectivity index is 0.00000124.